The summed E-state index contributed by atoms with van der Waals surface area (Å²) in [4.78, 5) is 32.0. The summed E-state index contributed by atoms with van der Waals surface area (Å²) in [5.41, 5.74) is 0.712. The fraction of sp³-hybridized carbons (Fsp3) is 0.294. The molecule has 0 fully saturated rings. The Hall–Kier alpha value is -2.76. The Kier molecular flexibility index (Phi) is 4.87. The molecule has 0 unspecified atom stereocenters. The minimum absolute atomic E-state index is 0.0640. The van der Waals surface area contributed by atoms with E-state index in [1.54, 1.807) is 11.0 Å². The molecule has 1 aliphatic rings. The average molecular weight is 420 g/mol. The van der Waals surface area contributed by atoms with Gasteiger partial charge in [0.15, 0.2) is 16.6 Å². The molecule has 0 bridgehead atoms. The molecule has 28 heavy (non-hydrogen) atoms. The molecule has 1 aliphatic heterocycles. The Morgan fingerprint density at radius 2 is 1.96 bits per heavy atom. The lowest BCUT2D eigenvalue weighted by Gasteiger charge is -2.21. The fourth-order valence-electron chi connectivity index (χ4n) is 2.68. The number of thiophene rings is 1. The van der Waals surface area contributed by atoms with Gasteiger partial charge in [-0.2, -0.15) is 0 Å². The summed E-state index contributed by atoms with van der Waals surface area (Å²) >= 11 is 2.23. The smallest absolute Gasteiger partial charge is 0.324 e. The van der Waals surface area contributed by atoms with Crippen LogP contribution in [-0.2, 0) is 0 Å². The van der Waals surface area contributed by atoms with Crippen molar-refractivity contribution in [2.75, 3.05) is 38.9 Å². The highest BCUT2D eigenvalue weighted by Crippen LogP contribution is 2.40. The molecule has 0 N–H and O–H groups in total. The van der Waals surface area contributed by atoms with E-state index in [1.807, 2.05) is 25.1 Å². The molecule has 1 amide bonds. The minimum Gasteiger partial charge on any atom is -0.454 e. The van der Waals surface area contributed by atoms with E-state index in [0.717, 1.165) is 16.0 Å². The summed E-state index contributed by atoms with van der Waals surface area (Å²) in [6, 6.07) is 6.47. The summed E-state index contributed by atoms with van der Waals surface area (Å²) in [6.07, 6.45) is 0. The first kappa shape index (κ1) is 18.6. The van der Waals surface area contributed by atoms with Crippen LogP contribution in [0.3, 0.4) is 0 Å². The first-order valence-electron chi connectivity index (χ1n) is 8.33. The third kappa shape index (κ3) is 3.51. The van der Waals surface area contributed by atoms with Gasteiger partial charge in [-0.25, -0.2) is 4.98 Å². The first-order chi connectivity index (χ1) is 13.4. The molecule has 0 radical (unpaired) electrons. The number of ether oxygens (including phenoxy) is 2. The van der Waals surface area contributed by atoms with E-state index in [-0.39, 0.29) is 17.7 Å². The lowest BCUT2D eigenvalue weighted by molar-refractivity contribution is -0.380. The molecular weight excluding hydrogens is 404 g/mol. The van der Waals surface area contributed by atoms with Gasteiger partial charge in [-0.1, -0.05) is 22.7 Å². The molecule has 0 atom stereocenters. The molecule has 0 saturated heterocycles. The number of carbonyl (C=O) groups is 1. The summed E-state index contributed by atoms with van der Waals surface area (Å²) in [5.74, 6) is 0.978. The van der Waals surface area contributed by atoms with Crippen molar-refractivity contribution in [3.63, 3.8) is 0 Å². The molecule has 0 saturated carbocycles. The number of thiazole rings is 1. The molecule has 3 heterocycles. The second-order valence-electron chi connectivity index (χ2n) is 6.32. The molecule has 146 valence electrons. The number of amides is 1. The van der Waals surface area contributed by atoms with E-state index in [0.29, 0.717) is 40.1 Å². The molecule has 0 aliphatic carbocycles. The predicted octanol–water partition coefficient (Wildman–Crippen LogP) is 3.20. The second kappa shape index (κ2) is 7.34. The van der Waals surface area contributed by atoms with Gasteiger partial charge < -0.3 is 14.4 Å². The molecule has 1 aromatic carbocycles. The highest BCUT2D eigenvalue weighted by atomic mass is 32.1. The number of aromatic nitrogens is 1. The normalized spacial score (nSPS) is 12.7. The number of hydrogen-bond donors (Lipinski definition) is 0. The summed E-state index contributed by atoms with van der Waals surface area (Å²) in [6.45, 7) is 1.21. The van der Waals surface area contributed by atoms with E-state index in [1.165, 1.54) is 23.5 Å². The van der Waals surface area contributed by atoms with Crippen LogP contribution in [-0.4, -0.2) is 54.7 Å². The Bertz CT molecular complexity index is 1020. The number of hydrogen-bond acceptors (Lipinski definition) is 9. The Morgan fingerprint density at radius 1 is 1.21 bits per heavy atom. The second-order valence-corrected chi connectivity index (χ2v) is 8.40. The topological polar surface area (TPSA) is 98.0 Å². The first-order valence-corrected chi connectivity index (χ1v) is 9.96. The van der Waals surface area contributed by atoms with E-state index >= 15 is 0 Å². The highest BCUT2D eigenvalue weighted by molar-refractivity contribution is 7.22. The number of rotatable bonds is 6. The molecule has 11 heteroatoms. The Morgan fingerprint density at radius 3 is 2.64 bits per heavy atom. The largest absolute Gasteiger partial charge is 0.454 e. The lowest BCUT2D eigenvalue weighted by Crippen LogP contribution is -2.36. The van der Waals surface area contributed by atoms with Gasteiger partial charge in [-0.15, -0.1) is 0 Å². The maximum absolute atomic E-state index is 13.1. The Labute approximate surface area is 167 Å². The van der Waals surface area contributed by atoms with Gasteiger partial charge in [0, 0.05) is 31.3 Å². The van der Waals surface area contributed by atoms with E-state index in [9.17, 15) is 14.9 Å². The van der Waals surface area contributed by atoms with Crippen LogP contribution in [0.15, 0.2) is 24.3 Å². The highest BCUT2D eigenvalue weighted by Gasteiger charge is 2.25. The average Bonchev–Trinajstić information content (AvgIpc) is 3.37. The number of carbonyl (C=O) groups excluding carboxylic acids is 1. The van der Waals surface area contributed by atoms with Crippen molar-refractivity contribution in [2.24, 2.45) is 0 Å². The summed E-state index contributed by atoms with van der Waals surface area (Å²) in [7, 11) is 3.83. The van der Waals surface area contributed by atoms with Crippen LogP contribution >= 0.6 is 22.7 Å². The molecule has 2 aromatic heterocycles. The van der Waals surface area contributed by atoms with Gasteiger partial charge in [-0.05, 0) is 20.2 Å². The number of likely N-dealkylation sites (N-methyl/N-ethyl adjacent to an activating group) is 1. The third-order valence-corrected chi connectivity index (χ3v) is 6.17. The monoisotopic (exact) mass is 420 g/mol. The van der Waals surface area contributed by atoms with Crippen LogP contribution in [0.2, 0.25) is 0 Å². The van der Waals surface area contributed by atoms with Crippen LogP contribution < -0.4 is 14.4 Å². The Balaban J connectivity index is 1.69. The zero-order valence-corrected chi connectivity index (χ0v) is 16.7. The third-order valence-electron chi connectivity index (χ3n) is 4.10. The zero-order chi connectivity index (χ0) is 19.8. The predicted molar refractivity (Wildman–Crippen MR) is 107 cm³/mol. The van der Waals surface area contributed by atoms with Crippen molar-refractivity contribution in [1.82, 2.24) is 9.88 Å². The van der Waals surface area contributed by atoms with Crippen molar-refractivity contribution >= 4 is 48.9 Å². The van der Waals surface area contributed by atoms with E-state index in [4.69, 9.17) is 9.47 Å². The van der Waals surface area contributed by atoms with Crippen molar-refractivity contribution in [3.8, 4) is 11.5 Å². The van der Waals surface area contributed by atoms with Crippen LogP contribution in [0.5, 0.6) is 11.5 Å². The molecule has 4 rings (SSSR count). The summed E-state index contributed by atoms with van der Waals surface area (Å²) < 4.78 is 11.7. The van der Waals surface area contributed by atoms with Crippen molar-refractivity contribution in [2.45, 2.75) is 0 Å². The SMILES string of the molecule is CN(C)CCN(C(=O)c1ccc([N+](=O)[O-])s1)c1nc2cc3c(cc2s1)OCO3. The van der Waals surface area contributed by atoms with Crippen LogP contribution in [0.1, 0.15) is 9.67 Å². The molecular formula is C17H16N4O5S2. The van der Waals surface area contributed by atoms with Gasteiger partial charge in [0.05, 0.1) is 20.0 Å². The molecule has 3 aromatic rings. The van der Waals surface area contributed by atoms with Crippen molar-refractivity contribution in [3.05, 3.63) is 39.3 Å². The van der Waals surface area contributed by atoms with Gasteiger partial charge in [0.25, 0.3) is 5.91 Å². The lowest BCUT2D eigenvalue weighted by atomic mass is 10.3. The number of benzene rings is 1. The van der Waals surface area contributed by atoms with Gasteiger partial charge in [0.1, 0.15) is 0 Å². The molecule has 9 nitrogen and oxygen atoms in total. The van der Waals surface area contributed by atoms with E-state index in [2.05, 4.69) is 4.98 Å². The number of nitro groups is 1. The van der Waals surface area contributed by atoms with E-state index < -0.39 is 4.92 Å². The molecule has 0 spiro atoms. The van der Waals surface area contributed by atoms with Crippen LogP contribution in [0.4, 0.5) is 10.1 Å². The number of anilines is 1. The number of fused-ring (bicyclic) bond motifs is 2. The van der Waals surface area contributed by atoms with Crippen molar-refractivity contribution in [1.29, 1.82) is 0 Å². The summed E-state index contributed by atoms with van der Waals surface area (Å²) in [5, 5.41) is 11.4. The maximum Gasteiger partial charge on any atom is 0.324 e. The zero-order valence-electron chi connectivity index (χ0n) is 15.1. The number of nitrogens with zero attached hydrogens (tertiary/aromatic N) is 4. The fourth-order valence-corrected chi connectivity index (χ4v) is 4.45. The van der Waals surface area contributed by atoms with Gasteiger partial charge in [-0.3, -0.25) is 19.8 Å². The van der Waals surface area contributed by atoms with Crippen molar-refractivity contribution < 1.29 is 19.2 Å². The van der Waals surface area contributed by atoms with Crippen LogP contribution in [0, 0.1) is 10.1 Å². The van der Waals surface area contributed by atoms with Crippen LogP contribution in [0.25, 0.3) is 10.2 Å². The quantitative estimate of drug-likeness (QED) is 0.446. The standard InChI is InChI=1S/C17H16N4O5S2/c1-19(2)5-6-20(16(22)13-3-4-15(27-13)21(23)24)17-18-10-7-11-12(26-9-25-11)8-14(10)28-17/h3-4,7-8H,5-6,9H2,1-2H3. The maximum atomic E-state index is 13.1. The van der Waals surface area contributed by atoms with Gasteiger partial charge in [0.2, 0.25) is 6.79 Å². The van der Waals surface area contributed by atoms with Gasteiger partial charge >= 0.3 is 5.00 Å². The minimum atomic E-state index is -0.495.